The average molecular weight is 484 g/mol. The summed E-state index contributed by atoms with van der Waals surface area (Å²) < 4.78 is 44.6. The van der Waals surface area contributed by atoms with Crippen LogP contribution in [0.25, 0.3) is 11.3 Å². The maximum Gasteiger partial charge on any atom is 0.254 e. The fourth-order valence-corrected chi connectivity index (χ4v) is 4.54. The van der Waals surface area contributed by atoms with Crippen molar-refractivity contribution in [3.63, 3.8) is 0 Å². The van der Waals surface area contributed by atoms with E-state index in [9.17, 15) is 13.6 Å². The number of nitrogens with zero attached hydrogens (tertiary/aromatic N) is 3. The molecule has 0 unspecified atom stereocenters. The number of morpholine rings is 1. The van der Waals surface area contributed by atoms with Crippen molar-refractivity contribution in [2.45, 2.75) is 25.5 Å². The Hall–Kier alpha value is -3.30. The van der Waals surface area contributed by atoms with E-state index < -0.39 is 5.82 Å². The Bertz CT molecular complexity index is 1160. The Labute approximate surface area is 202 Å². The molecular formula is C26H27F2N3O4. The van der Waals surface area contributed by atoms with Gasteiger partial charge >= 0.3 is 0 Å². The van der Waals surface area contributed by atoms with Gasteiger partial charge < -0.3 is 23.8 Å². The molecule has 1 atom stereocenters. The van der Waals surface area contributed by atoms with Crippen molar-refractivity contribution < 1.29 is 27.6 Å². The van der Waals surface area contributed by atoms with E-state index in [1.54, 1.807) is 23.1 Å². The summed E-state index contributed by atoms with van der Waals surface area (Å²) in [4.78, 5) is 17.3. The standard InChI is InChI=1S/C26H27F2N3O4/c27-20-8-6-18(7-9-20)24-23(26(35-29-24)30-10-13-33-14-11-30)17-31(16-22-5-2-12-34-22)25(32)19-3-1-4-21(28)15-19/h1,3-4,6-9,15,22H,2,5,10-14,16-17H2/t22-/m1/s1. The lowest BCUT2D eigenvalue weighted by Crippen LogP contribution is -2.39. The number of benzene rings is 2. The third-order valence-corrected chi connectivity index (χ3v) is 6.34. The van der Waals surface area contributed by atoms with Crippen LogP contribution in [0.2, 0.25) is 0 Å². The van der Waals surface area contributed by atoms with E-state index in [-0.39, 0.29) is 29.9 Å². The van der Waals surface area contributed by atoms with E-state index >= 15 is 0 Å². The largest absolute Gasteiger partial charge is 0.378 e. The highest BCUT2D eigenvalue weighted by molar-refractivity contribution is 5.94. The van der Waals surface area contributed by atoms with Crippen molar-refractivity contribution in [1.82, 2.24) is 10.1 Å². The molecule has 1 amide bonds. The van der Waals surface area contributed by atoms with Gasteiger partial charge in [-0.2, -0.15) is 0 Å². The van der Waals surface area contributed by atoms with Gasteiger partial charge in [0.2, 0.25) is 5.88 Å². The summed E-state index contributed by atoms with van der Waals surface area (Å²) in [5.74, 6) is -0.580. The van der Waals surface area contributed by atoms with Crippen LogP contribution in [0.1, 0.15) is 28.8 Å². The van der Waals surface area contributed by atoms with Crippen LogP contribution < -0.4 is 4.90 Å². The summed E-state index contributed by atoms with van der Waals surface area (Å²) in [6.45, 7) is 3.52. The van der Waals surface area contributed by atoms with E-state index in [0.717, 1.165) is 12.8 Å². The lowest BCUT2D eigenvalue weighted by molar-refractivity contribution is 0.0507. The van der Waals surface area contributed by atoms with Crippen molar-refractivity contribution in [2.24, 2.45) is 0 Å². The van der Waals surface area contributed by atoms with Crippen molar-refractivity contribution in [3.05, 3.63) is 71.3 Å². The summed E-state index contributed by atoms with van der Waals surface area (Å²) >= 11 is 0. The summed E-state index contributed by atoms with van der Waals surface area (Å²) in [5.41, 5.74) is 2.19. The normalized spacial score (nSPS) is 18.1. The molecule has 2 aliphatic rings. The second-order valence-corrected chi connectivity index (χ2v) is 8.75. The quantitative estimate of drug-likeness (QED) is 0.500. The van der Waals surface area contributed by atoms with E-state index in [1.807, 2.05) is 4.90 Å². The van der Waals surface area contributed by atoms with Crippen LogP contribution in [0.3, 0.4) is 0 Å². The zero-order valence-electron chi connectivity index (χ0n) is 19.3. The minimum atomic E-state index is -0.473. The summed E-state index contributed by atoms with van der Waals surface area (Å²) in [6.07, 6.45) is 1.67. The summed E-state index contributed by atoms with van der Waals surface area (Å²) in [6, 6.07) is 11.7. The number of ether oxygens (including phenoxy) is 2. The molecule has 0 bridgehead atoms. The van der Waals surface area contributed by atoms with Crippen LogP contribution in [0, 0.1) is 11.6 Å². The zero-order valence-corrected chi connectivity index (χ0v) is 19.3. The van der Waals surface area contributed by atoms with Crippen LogP contribution >= 0.6 is 0 Å². The predicted molar refractivity (Wildman–Crippen MR) is 125 cm³/mol. The Kier molecular flexibility index (Phi) is 7.06. The molecule has 0 N–H and O–H groups in total. The van der Waals surface area contributed by atoms with E-state index in [4.69, 9.17) is 14.0 Å². The Balaban J connectivity index is 1.52. The van der Waals surface area contributed by atoms with Gasteiger partial charge in [0.1, 0.15) is 17.3 Å². The van der Waals surface area contributed by atoms with Crippen molar-refractivity contribution in [3.8, 4) is 11.3 Å². The first-order valence-electron chi connectivity index (χ1n) is 11.8. The van der Waals surface area contributed by atoms with E-state index in [1.165, 1.54) is 30.3 Å². The van der Waals surface area contributed by atoms with Crippen LogP contribution in [0.5, 0.6) is 0 Å². The molecule has 1 aromatic heterocycles. The molecular weight excluding hydrogens is 456 g/mol. The molecule has 2 saturated heterocycles. The number of carbonyl (C=O) groups is 1. The smallest absolute Gasteiger partial charge is 0.254 e. The number of amides is 1. The Morgan fingerprint density at radius 3 is 2.57 bits per heavy atom. The van der Waals surface area contributed by atoms with Gasteiger partial charge in [0.05, 0.1) is 31.4 Å². The molecule has 5 rings (SSSR count). The number of halogens is 2. The molecule has 0 spiro atoms. The third-order valence-electron chi connectivity index (χ3n) is 6.34. The molecule has 2 fully saturated rings. The molecule has 9 heteroatoms. The SMILES string of the molecule is O=C(c1cccc(F)c1)N(Cc1c(-c2ccc(F)cc2)noc1N1CCOCC1)C[C@H]1CCCO1. The topological polar surface area (TPSA) is 68.0 Å². The van der Waals surface area contributed by atoms with Gasteiger partial charge in [-0.05, 0) is 55.3 Å². The number of rotatable bonds is 7. The van der Waals surface area contributed by atoms with Crippen molar-refractivity contribution in [1.29, 1.82) is 0 Å². The minimum absolute atomic E-state index is 0.103. The van der Waals surface area contributed by atoms with Crippen LogP contribution in [-0.4, -0.2) is 61.5 Å². The first-order chi connectivity index (χ1) is 17.1. The van der Waals surface area contributed by atoms with Crippen LogP contribution in [0.15, 0.2) is 53.1 Å². The van der Waals surface area contributed by atoms with E-state index in [2.05, 4.69) is 5.16 Å². The molecule has 2 aromatic carbocycles. The first-order valence-corrected chi connectivity index (χ1v) is 11.8. The van der Waals surface area contributed by atoms with Crippen LogP contribution in [0.4, 0.5) is 14.7 Å². The molecule has 0 saturated carbocycles. The number of hydrogen-bond acceptors (Lipinski definition) is 6. The maximum absolute atomic E-state index is 13.9. The average Bonchev–Trinajstić information content (AvgIpc) is 3.54. The highest BCUT2D eigenvalue weighted by atomic mass is 19.1. The third kappa shape index (κ3) is 5.36. The lowest BCUT2D eigenvalue weighted by Gasteiger charge is -2.29. The van der Waals surface area contributed by atoms with E-state index in [0.29, 0.717) is 62.2 Å². The molecule has 2 aliphatic heterocycles. The van der Waals surface area contributed by atoms with Gasteiger partial charge in [0.25, 0.3) is 5.91 Å². The second-order valence-electron chi connectivity index (χ2n) is 8.75. The molecule has 0 aliphatic carbocycles. The van der Waals surface area contributed by atoms with Gasteiger partial charge in [0.15, 0.2) is 0 Å². The van der Waals surface area contributed by atoms with Crippen LogP contribution in [-0.2, 0) is 16.0 Å². The number of aromatic nitrogens is 1. The Morgan fingerprint density at radius 1 is 1.06 bits per heavy atom. The monoisotopic (exact) mass is 483 g/mol. The fourth-order valence-electron chi connectivity index (χ4n) is 4.54. The summed E-state index contributed by atoms with van der Waals surface area (Å²) in [7, 11) is 0. The lowest BCUT2D eigenvalue weighted by atomic mass is 10.1. The number of anilines is 1. The second kappa shape index (κ2) is 10.5. The summed E-state index contributed by atoms with van der Waals surface area (Å²) in [5, 5.41) is 4.31. The predicted octanol–water partition coefficient (Wildman–Crippen LogP) is 4.28. The molecule has 35 heavy (non-hydrogen) atoms. The molecule has 184 valence electrons. The molecule has 3 aromatic rings. The highest BCUT2D eigenvalue weighted by Gasteiger charge is 2.30. The van der Waals surface area contributed by atoms with Gasteiger partial charge in [-0.15, -0.1) is 0 Å². The van der Waals surface area contributed by atoms with Crippen molar-refractivity contribution in [2.75, 3.05) is 44.4 Å². The van der Waals surface area contributed by atoms with Gasteiger partial charge in [-0.1, -0.05) is 11.2 Å². The molecule has 3 heterocycles. The van der Waals surface area contributed by atoms with Gasteiger partial charge in [0, 0.05) is 37.4 Å². The maximum atomic E-state index is 13.9. The number of hydrogen-bond donors (Lipinski definition) is 0. The first kappa shape index (κ1) is 23.4. The number of carbonyl (C=O) groups excluding carboxylic acids is 1. The van der Waals surface area contributed by atoms with Gasteiger partial charge in [-0.25, -0.2) is 8.78 Å². The Morgan fingerprint density at radius 2 is 1.86 bits per heavy atom. The molecule has 0 radical (unpaired) electrons. The highest BCUT2D eigenvalue weighted by Crippen LogP contribution is 2.34. The molecule has 7 nitrogen and oxygen atoms in total. The zero-order chi connectivity index (χ0) is 24.2. The minimum Gasteiger partial charge on any atom is -0.378 e. The fraction of sp³-hybridized carbons (Fsp3) is 0.385. The van der Waals surface area contributed by atoms with Crippen molar-refractivity contribution >= 4 is 11.8 Å². The van der Waals surface area contributed by atoms with Gasteiger partial charge in [-0.3, -0.25) is 4.79 Å².